The minimum Gasteiger partial charge on any atom is -0.378 e. The Morgan fingerprint density at radius 3 is 2.70 bits per heavy atom. The van der Waals surface area contributed by atoms with E-state index in [9.17, 15) is 13.2 Å². The maximum Gasteiger partial charge on any atom is 0.251 e. The lowest BCUT2D eigenvalue weighted by Crippen LogP contribution is -2.53. The van der Waals surface area contributed by atoms with Gasteiger partial charge in [0, 0.05) is 30.7 Å². The number of hydrogen-bond donors (Lipinski definition) is 2. The first kappa shape index (κ1) is 16.4. The molecule has 2 N–H and O–H groups in total. The molecule has 1 saturated heterocycles. The van der Waals surface area contributed by atoms with E-state index < -0.39 is 10.0 Å². The van der Waals surface area contributed by atoms with Crippen LogP contribution >= 0.6 is 0 Å². The van der Waals surface area contributed by atoms with Crippen LogP contribution in [0.15, 0.2) is 29.2 Å². The maximum absolute atomic E-state index is 12.3. The first-order valence-corrected chi connectivity index (χ1v) is 9.52. The van der Waals surface area contributed by atoms with Crippen LogP contribution in [0.1, 0.15) is 36.5 Å². The Morgan fingerprint density at radius 2 is 2.04 bits per heavy atom. The monoisotopic (exact) mass is 338 g/mol. The highest BCUT2D eigenvalue weighted by atomic mass is 32.2. The van der Waals surface area contributed by atoms with Gasteiger partial charge in [-0.05, 0) is 43.5 Å². The van der Waals surface area contributed by atoms with Gasteiger partial charge < -0.3 is 10.1 Å². The SMILES string of the molecule is CCCNS(=O)(=O)c1ccc(C(=O)N[C@H]2C[C@@H]3OCC[C@H]23)cc1. The van der Waals surface area contributed by atoms with E-state index >= 15 is 0 Å². The average molecular weight is 338 g/mol. The van der Waals surface area contributed by atoms with Gasteiger partial charge in [0.2, 0.25) is 10.0 Å². The normalized spacial score (nSPS) is 26.4. The molecule has 23 heavy (non-hydrogen) atoms. The van der Waals surface area contributed by atoms with Crippen molar-refractivity contribution in [1.29, 1.82) is 0 Å². The first-order valence-electron chi connectivity index (χ1n) is 8.03. The van der Waals surface area contributed by atoms with Crippen LogP contribution < -0.4 is 10.0 Å². The van der Waals surface area contributed by atoms with Crippen molar-refractivity contribution in [3.63, 3.8) is 0 Å². The van der Waals surface area contributed by atoms with Crippen molar-refractivity contribution in [2.75, 3.05) is 13.2 Å². The maximum atomic E-state index is 12.3. The smallest absolute Gasteiger partial charge is 0.251 e. The van der Waals surface area contributed by atoms with E-state index in [1.165, 1.54) is 12.1 Å². The van der Waals surface area contributed by atoms with Gasteiger partial charge in [0.15, 0.2) is 0 Å². The lowest BCUT2D eigenvalue weighted by molar-refractivity contribution is 0.00809. The van der Waals surface area contributed by atoms with Crippen molar-refractivity contribution in [2.45, 2.75) is 43.2 Å². The molecule has 1 amide bonds. The van der Waals surface area contributed by atoms with Gasteiger partial charge in [-0.3, -0.25) is 4.79 Å². The van der Waals surface area contributed by atoms with Crippen LogP contribution in [0.5, 0.6) is 0 Å². The van der Waals surface area contributed by atoms with Crippen molar-refractivity contribution in [2.24, 2.45) is 5.92 Å². The molecular weight excluding hydrogens is 316 g/mol. The van der Waals surface area contributed by atoms with E-state index in [2.05, 4.69) is 10.0 Å². The van der Waals surface area contributed by atoms with Crippen LogP contribution in [-0.4, -0.2) is 39.6 Å². The molecule has 1 saturated carbocycles. The van der Waals surface area contributed by atoms with Crippen molar-refractivity contribution in [3.05, 3.63) is 29.8 Å². The fraction of sp³-hybridized carbons (Fsp3) is 0.562. The molecule has 1 aromatic rings. The molecule has 1 aliphatic carbocycles. The summed E-state index contributed by atoms with van der Waals surface area (Å²) in [6.45, 7) is 3.08. The number of amides is 1. The summed E-state index contributed by atoms with van der Waals surface area (Å²) in [5, 5.41) is 3.01. The zero-order valence-electron chi connectivity index (χ0n) is 13.1. The number of ether oxygens (including phenoxy) is 1. The van der Waals surface area contributed by atoms with Crippen LogP contribution in [0.3, 0.4) is 0 Å². The molecule has 7 heteroatoms. The minimum absolute atomic E-state index is 0.161. The van der Waals surface area contributed by atoms with Crippen LogP contribution in [0.2, 0.25) is 0 Å². The summed E-state index contributed by atoms with van der Waals surface area (Å²) in [4.78, 5) is 12.4. The van der Waals surface area contributed by atoms with Gasteiger partial charge in [-0.25, -0.2) is 13.1 Å². The van der Waals surface area contributed by atoms with Crippen LogP contribution in [0, 0.1) is 5.92 Å². The lowest BCUT2D eigenvalue weighted by Gasteiger charge is -2.39. The summed E-state index contributed by atoms with van der Waals surface area (Å²) < 4.78 is 32.0. The van der Waals surface area contributed by atoms with Crippen molar-refractivity contribution >= 4 is 15.9 Å². The third kappa shape index (κ3) is 3.41. The molecule has 126 valence electrons. The zero-order valence-corrected chi connectivity index (χ0v) is 13.9. The van der Waals surface area contributed by atoms with E-state index in [0.717, 1.165) is 25.9 Å². The Kier molecular flexibility index (Phi) is 4.70. The molecule has 0 unspecified atom stereocenters. The third-order valence-electron chi connectivity index (χ3n) is 4.55. The molecule has 2 fully saturated rings. The molecule has 0 bridgehead atoms. The second kappa shape index (κ2) is 6.59. The van der Waals surface area contributed by atoms with E-state index in [4.69, 9.17) is 4.74 Å². The molecule has 0 spiro atoms. The number of carbonyl (C=O) groups is 1. The molecular formula is C16H22N2O4S. The predicted octanol–water partition coefficient (Wildman–Crippen LogP) is 1.28. The van der Waals surface area contributed by atoms with E-state index in [-0.39, 0.29) is 16.8 Å². The summed E-state index contributed by atoms with van der Waals surface area (Å²) in [6, 6.07) is 6.21. The summed E-state index contributed by atoms with van der Waals surface area (Å²) in [5.74, 6) is 0.266. The molecule has 0 aromatic heterocycles. The Labute approximate surface area is 136 Å². The number of hydrogen-bond acceptors (Lipinski definition) is 4. The minimum atomic E-state index is -3.49. The summed E-state index contributed by atoms with van der Waals surface area (Å²) in [7, 11) is -3.49. The molecule has 3 rings (SSSR count). The second-order valence-electron chi connectivity index (χ2n) is 6.10. The topological polar surface area (TPSA) is 84.5 Å². The number of rotatable bonds is 6. The highest BCUT2D eigenvalue weighted by molar-refractivity contribution is 7.89. The molecule has 6 nitrogen and oxygen atoms in total. The highest BCUT2D eigenvalue weighted by Crippen LogP contribution is 2.38. The summed E-state index contributed by atoms with van der Waals surface area (Å²) in [6.07, 6.45) is 2.89. The van der Waals surface area contributed by atoms with Crippen LogP contribution in [0.4, 0.5) is 0 Å². The lowest BCUT2D eigenvalue weighted by atomic mass is 9.76. The Bertz CT molecular complexity index is 672. The number of sulfonamides is 1. The van der Waals surface area contributed by atoms with Gasteiger partial charge in [-0.15, -0.1) is 0 Å². The van der Waals surface area contributed by atoms with Gasteiger partial charge in [0.25, 0.3) is 5.91 Å². The number of benzene rings is 1. The molecule has 0 radical (unpaired) electrons. The quantitative estimate of drug-likeness (QED) is 0.818. The molecule has 3 atom stereocenters. The molecule has 1 heterocycles. The van der Waals surface area contributed by atoms with Gasteiger partial charge in [-0.1, -0.05) is 6.92 Å². The first-order chi connectivity index (χ1) is 11.0. The third-order valence-corrected chi connectivity index (χ3v) is 6.03. The summed E-state index contributed by atoms with van der Waals surface area (Å²) in [5.41, 5.74) is 0.474. The summed E-state index contributed by atoms with van der Waals surface area (Å²) >= 11 is 0. The van der Waals surface area contributed by atoms with Crippen molar-refractivity contribution < 1.29 is 17.9 Å². The van der Waals surface area contributed by atoms with Gasteiger partial charge in [0.1, 0.15) is 0 Å². The zero-order chi connectivity index (χ0) is 16.4. The Hall–Kier alpha value is -1.44. The number of nitrogens with one attached hydrogen (secondary N) is 2. The second-order valence-corrected chi connectivity index (χ2v) is 7.87. The van der Waals surface area contributed by atoms with Gasteiger partial charge in [0.05, 0.1) is 11.0 Å². The number of carbonyl (C=O) groups excluding carboxylic acids is 1. The Balaban J connectivity index is 1.61. The van der Waals surface area contributed by atoms with E-state index in [1.54, 1.807) is 12.1 Å². The van der Waals surface area contributed by atoms with E-state index in [0.29, 0.717) is 24.1 Å². The molecule has 2 aliphatic rings. The predicted molar refractivity (Wildman–Crippen MR) is 85.6 cm³/mol. The van der Waals surface area contributed by atoms with Gasteiger partial charge >= 0.3 is 0 Å². The fourth-order valence-electron chi connectivity index (χ4n) is 3.12. The number of fused-ring (bicyclic) bond motifs is 1. The van der Waals surface area contributed by atoms with Gasteiger partial charge in [-0.2, -0.15) is 0 Å². The average Bonchev–Trinajstić information content (AvgIpc) is 2.91. The molecule has 1 aromatic carbocycles. The van der Waals surface area contributed by atoms with Crippen LogP contribution in [-0.2, 0) is 14.8 Å². The van der Waals surface area contributed by atoms with Crippen molar-refractivity contribution in [3.8, 4) is 0 Å². The molecule has 1 aliphatic heterocycles. The van der Waals surface area contributed by atoms with Crippen LogP contribution in [0.25, 0.3) is 0 Å². The fourth-order valence-corrected chi connectivity index (χ4v) is 4.25. The van der Waals surface area contributed by atoms with E-state index in [1.807, 2.05) is 6.92 Å². The Morgan fingerprint density at radius 1 is 1.30 bits per heavy atom. The standard InChI is InChI=1S/C16H22N2O4S/c1-2-8-17-23(20,21)12-5-3-11(4-6-12)16(19)18-14-10-15-13(14)7-9-22-15/h3-6,13-15,17H,2,7-10H2,1H3,(H,18,19)/t13-,14+,15+/m1/s1. The van der Waals surface area contributed by atoms with Crippen molar-refractivity contribution in [1.82, 2.24) is 10.0 Å². The largest absolute Gasteiger partial charge is 0.378 e. The highest BCUT2D eigenvalue weighted by Gasteiger charge is 2.45.